The van der Waals surface area contributed by atoms with Crippen molar-refractivity contribution in [2.24, 2.45) is 0 Å². The largest absolute Gasteiger partial charge is 0.478 e. The number of benzene rings is 1. The molecule has 0 heterocycles. The molecule has 0 fully saturated rings. The molecule has 11 heavy (non-hydrogen) atoms. The lowest BCUT2D eigenvalue weighted by molar-refractivity contribution is 0.0696. The van der Waals surface area contributed by atoms with Gasteiger partial charge in [0.25, 0.3) is 0 Å². The monoisotopic (exact) mass is 262 g/mol. The lowest BCUT2D eigenvalue weighted by Gasteiger charge is -1.97. The maximum atomic E-state index is 10.5. The first-order valence-electron chi connectivity index (χ1n) is 3.10. The van der Waals surface area contributed by atoms with Crippen LogP contribution in [0.25, 0.3) is 0 Å². The molecule has 0 aromatic heterocycles. The number of hydrogen-bond acceptors (Lipinski definition) is 1. The summed E-state index contributed by atoms with van der Waals surface area (Å²) in [6, 6.07) is 5.24. The van der Waals surface area contributed by atoms with Gasteiger partial charge in [0.2, 0.25) is 0 Å². The second-order valence-corrected chi connectivity index (χ2v) is 3.57. The van der Waals surface area contributed by atoms with E-state index in [1.165, 1.54) is 0 Å². The highest BCUT2D eigenvalue weighted by molar-refractivity contribution is 14.1. The standard InChI is InChI=1S/C8H7IO2/c1-5-2-6(8(10)11)4-7(9)3-5/h2-4H,1H3,(H,10,11). The van der Waals surface area contributed by atoms with E-state index in [1.54, 1.807) is 12.1 Å². The molecule has 0 saturated heterocycles. The quantitative estimate of drug-likeness (QED) is 0.788. The first-order valence-corrected chi connectivity index (χ1v) is 4.18. The molecule has 0 radical (unpaired) electrons. The molecule has 0 bridgehead atoms. The van der Waals surface area contributed by atoms with Gasteiger partial charge in [-0.25, -0.2) is 4.79 Å². The Labute approximate surface area is 78.4 Å². The zero-order valence-electron chi connectivity index (χ0n) is 5.97. The molecule has 1 N–H and O–H groups in total. The van der Waals surface area contributed by atoms with E-state index in [2.05, 4.69) is 22.6 Å². The Bertz CT molecular complexity index is 274. The lowest BCUT2D eigenvalue weighted by atomic mass is 10.1. The number of hydrogen-bond donors (Lipinski definition) is 1. The fourth-order valence-electron chi connectivity index (χ4n) is 0.860. The fraction of sp³-hybridized carbons (Fsp3) is 0.125. The van der Waals surface area contributed by atoms with E-state index < -0.39 is 5.97 Å². The number of rotatable bonds is 1. The highest BCUT2D eigenvalue weighted by Gasteiger charge is 2.02. The van der Waals surface area contributed by atoms with Gasteiger partial charge in [0.15, 0.2) is 0 Å². The maximum absolute atomic E-state index is 10.5. The minimum atomic E-state index is -0.869. The second kappa shape index (κ2) is 3.21. The summed E-state index contributed by atoms with van der Waals surface area (Å²) in [4.78, 5) is 10.5. The SMILES string of the molecule is Cc1cc(I)cc(C(=O)O)c1. The van der Waals surface area contributed by atoms with Crippen molar-refractivity contribution in [1.82, 2.24) is 0 Å². The fourth-order valence-corrected chi connectivity index (χ4v) is 1.69. The van der Waals surface area contributed by atoms with Crippen molar-refractivity contribution in [3.8, 4) is 0 Å². The third-order valence-corrected chi connectivity index (χ3v) is 1.91. The molecule has 3 heteroatoms. The van der Waals surface area contributed by atoms with Crippen molar-refractivity contribution >= 4 is 28.6 Å². The number of halogens is 1. The van der Waals surface area contributed by atoms with Crippen molar-refractivity contribution in [3.63, 3.8) is 0 Å². The van der Waals surface area contributed by atoms with E-state index >= 15 is 0 Å². The average Bonchev–Trinajstić information content (AvgIpc) is 1.85. The van der Waals surface area contributed by atoms with E-state index in [9.17, 15) is 4.79 Å². The van der Waals surface area contributed by atoms with Gasteiger partial charge < -0.3 is 5.11 Å². The van der Waals surface area contributed by atoms with Crippen LogP contribution in [0.5, 0.6) is 0 Å². The summed E-state index contributed by atoms with van der Waals surface area (Å²) in [7, 11) is 0. The molecule has 1 aromatic rings. The Hall–Kier alpha value is -0.580. The minimum Gasteiger partial charge on any atom is -0.478 e. The Morgan fingerprint density at radius 1 is 1.45 bits per heavy atom. The first-order chi connectivity index (χ1) is 5.09. The molecular weight excluding hydrogens is 255 g/mol. The predicted molar refractivity (Wildman–Crippen MR) is 50.9 cm³/mol. The van der Waals surface area contributed by atoms with Crippen molar-refractivity contribution in [1.29, 1.82) is 0 Å². The number of aryl methyl sites for hydroxylation is 1. The van der Waals surface area contributed by atoms with Crippen LogP contribution in [0.3, 0.4) is 0 Å². The zero-order valence-corrected chi connectivity index (χ0v) is 8.12. The van der Waals surface area contributed by atoms with Crippen molar-refractivity contribution in [2.75, 3.05) is 0 Å². The highest BCUT2D eigenvalue weighted by atomic mass is 127. The molecule has 0 aliphatic heterocycles. The summed E-state index contributed by atoms with van der Waals surface area (Å²) in [5.74, 6) is -0.869. The van der Waals surface area contributed by atoms with Gasteiger partial charge in [0.05, 0.1) is 5.56 Å². The normalized spacial score (nSPS) is 9.64. The van der Waals surface area contributed by atoms with Gasteiger partial charge in [-0.2, -0.15) is 0 Å². The Morgan fingerprint density at radius 3 is 2.55 bits per heavy atom. The molecule has 0 spiro atoms. The van der Waals surface area contributed by atoms with Crippen LogP contribution in [0.4, 0.5) is 0 Å². The molecule has 0 aliphatic carbocycles. The van der Waals surface area contributed by atoms with Gasteiger partial charge in [0.1, 0.15) is 0 Å². The Balaban J connectivity index is 3.19. The Kier molecular flexibility index (Phi) is 2.49. The number of carboxylic acid groups (broad SMARTS) is 1. The lowest BCUT2D eigenvalue weighted by Crippen LogP contribution is -1.96. The van der Waals surface area contributed by atoms with Crippen LogP contribution in [0.1, 0.15) is 15.9 Å². The van der Waals surface area contributed by atoms with Crippen LogP contribution in [0, 0.1) is 10.5 Å². The summed E-state index contributed by atoms with van der Waals surface area (Å²) in [6.07, 6.45) is 0. The van der Waals surface area contributed by atoms with Crippen LogP contribution in [-0.2, 0) is 0 Å². The van der Waals surface area contributed by atoms with Crippen LogP contribution in [-0.4, -0.2) is 11.1 Å². The van der Waals surface area contributed by atoms with Crippen molar-refractivity contribution < 1.29 is 9.90 Å². The van der Waals surface area contributed by atoms with Crippen LogP contribution in [0.2, 0.25) is 0 Å². The van der Waals surface area contributed by atoms with Gasteiger partial charge in [-0.15, -0.1) is 0 Å². The second-order valence-electron chi connectivity index (χ2n) is 2.32. The molecule has 58 valence electrons. The molecular formula is C8H7IO2. The molecule has 0 amide bonds. The predicted octanol–water partition coefficient (Wildman–Crippen LogP) is 2.30. The zero-order chi connectivity index (χ0) is 8.43. The van der Waals surface area contributed by atoms with Crippen molar-refractivity contribution in [3.05, 3.63) is 32.9 Å². The van der Waals surface area contributed by atoms with E-state index in [-0.39, 0.29) is 0 Å². The van der Waals surface area contributed by atoms with Gasteiger partial charge in [-0.3, -0.25) is 0 Å². The number of aromatic carboxylic acids is 1. The van der Waals surface area contributed by atoms with Gasteiger partial charge >= 0.3 is 5.97 Å². The summed E-state index contributed by atoms with van der Waals surface area (Å²) in [5.41, 5.74) is 1.34. The van der Waals surface area contributed by atoms with Crippen molar-refractivity contribution in [2.45, 2.75) is 6.92 Å². The molecule has 2 nitrogen and oxygen atoms in total. The summed E-state index contributed by atoms with van der Waals surface area (Å²) >= 11 is 2.10. The van der Waals surface area contributed by atoms with E-state index in [0.29, 0.717) is 5.56 Å². The van der Waals surface area contributed by atoms with E-state index in [0.717, 1.165) is 9.13 Å². The smallest absolute Gasteiger partial charge is 0.335 e. The van der Waals surface area contributed by atoms with Crippen LogP contribution in [0.15, 0.2) is 18.2 Å². The molecule has 0 atom stereocenters. The van der Waals surface area contributed by atoms with Crippen LogP contribution >= 0.6 is 22.6 Å². The summed E-state index contributed by atoms with van der Waals surface area (Å²) < 4.78 is 0.958. The molecule has 0 aliphatic rings. The van der Waals surface area contributed by atoms with Crippen LogP contribution < -0.4 is 0 Å². The topological polar surface area (TPSA) is 37.3 Å². The maximum Gasteiger partial charge on any atom is 0.335 e. The molecule has 1 rings (SSSR count). The highest BCUT2D eigenvalue weighted by Crippen LogP contribution is 2.11. The Morgan fingerprint density at radius 2 is 2.09 bits per heavy atom. The van der Waals surface area contributed by atoms with E-state index in [1.807, 2.05) is 13.0 Å². The summed E-state index contributed by atoms with van der Waals surface area (Å²) in [6.45, 7) is 1.88. The molecule has 0 saturated carbocycles. The first kappa shape index (κ1) is 8.52. The number of carbonyl (C=O) groups is 1. The van der Waals surface area contributed by atoms with Gasteiger partial charge in [-0.1, -0.05) is 0 Å². The third-order valence-electron chi connectivity index (χ3n) is 1.29. The number of carboxylic acids is 1. The third kappa shape index (κ3) is 2.18. The molecule has 1 aromatic carbocycles. The molecule has 0 unspecified atom stereocenters. The minimum absolute atomic E-state index is 0.356. The van der Waals surface area contributed by atoms with Gasteiger partial charge in [-0.05, 0) is 53.3 Å². The van der Waals surface area contributed by atoms with E-state index in [4.69, 9.17) is 5.11 Å². The summed E-state index contributed by atoms with van der Waals surface area (Å²) in [5, 5.41) is 8.63. The van der Waals surface area contributed by atoms with Gasteiger partial charge in [0, 0.05) is 3.57 Å². The average molecular weight is 262 g/mol.